The van der Waals surface area contributed by atoms with Crippen molar-refractivity contribution in [1.82, 2.24) is 14.9 Å². The summed E-state index contributed by atoms with van der Waals surface area (Å²) in [4.78, 5) is 41.7. The first-order chi connectivity index (χ1) is 14.3. The van der Waals surface area contributed by atoms with Crippen LogP contribution in [0.15, 0.2) is 64.2 Å². The molecular formula is C21H21N3O5S. The molecule has 30 heavy (non-hydrogen) atoms. The minimum Gasteiger partial charge on any atom is -0.350 e. The summed E-state index contributed by atoms with van der Waals surface area (Å²) in [6, 6.07) is 14.0. The number of fused-ring (bicyclic) bond motifs is 1. The zero-order valence-corrected chi connectivity index (χ0v) is 16.9. The van der Waals surface area contributed by atoms with E-state index in [1.165, 1.54) is 0 Å². The largest absolute Gasteiger partial charge is 0.350 e. The molecule has 8 nitrogen and oxygen atoms in total. The van der Waals surface area contributed by atoms with E-state index in [2.05, 4.69) is 10.3 Å². The van der Waals surface area contributed by atoms with E-state index in [1.807, 2.05) is 6.07 Å². The molecule has 1 aromatic heterocycles. The number of carbonyl (C=O) groups excluding carboxylic acids is 1. The fourth-order valence-electron chi connectivity index (χ4n) is 3.80. The number of nitrogens with zero attached hydrogens (tertiary/aromatic N) is 1. The second kappa shape index (κ2) is 7.91. The van der Waals surface area contributed by atoms with Crippen molar-refractivity contribution in [3.63, 3.8) is 0 Å². The molecule has 1 aliphatic heterocycles. The molecule has 0 radical (unpaired) electrons. The lowest BCUT2D eigenvalue weighted by molar-refractivity contribution is -0.125. The molecule has 2 N–H and O–H groups in total. The van der Waals surface area contributed by atoms with Crippen molar-refractivity contribution in [3.05, 3.63) is 81.0 Å². The number of benzene rings is 2. The normalized spacial score (nSPS) is 18.9. The average molecular weight is 427 g/mol. The fourth-order valence-corrected chi connectivity index (χ4v) is 5.48. The molecule has 1 aliphatic rings. The smallest absolute Gasteiger partial charge is 0.329 e. The third-order valence-electron chi connectivity index (χ3n) is 5.30. The van der Waals surface area contributed by atoms with Crippen LogP contribution in [0.25, 0.3) is 10.9 Å². The van der Waals surface area contributed by atoms with Gasteiger partial charge in [-0.3, -0.25) is 9.59 Å². The van der Waals surface area contributed by atoms with Gasteiger partial charge in [-0.15, -0.1) is 0 Å². The van der Waals surface area contributed by atoms with Gasteiger partial charge < -0.3 is 10.3 Å². The van der Waals surface area contributed by atoms with Gasteiger partial charge in [-0.25, -0.2) is 17.8 Å². The van der Waals surface area contributed by atoms with Gasteiger partial charge in [0.25, 0.3) is 5.56 Å². The van der Waals surface area contributed by atoms with E-state index in [0.29, 0.717) is 17.3 Å². The number of aromatic nitrogens is 2. The number of nitrogens with one attached hydrogen (secondary N) is 2. The highest BCUT2D eigenvalue weighted by atomic mass is 32.2. The van der Waals surface area contributed by atoms with Crippen LogP contribution in [0.4, 0.5) is 0 Å². The number of aromatic amines is 1. The zero-order valence-electron chi connectivity index (χ0n) is 16.1. The summed E-state index contributed by atoms with van der Waals surface area (Å²) in [5.74, 6) is -0.679. The second-order valence-electron chi connectivity index (χ2n) is 7.46. The predicted molar refractivity (Wildman–Crippen MR) is 113 cm³/mol. The van der Waals surface area contributed by atoms with Crippen LogP contribution in [0, 0.1) is 0 Å². The average Bonchev–Trinajstić information content (AvgIpc) is 3.06. The van der Waals surface area contributed by atoms with Crippen LogP contribution in [-0.2, 0) is 21.1 Å². The Labute approximate surface area is 172 Å². The lowest BCUT2D eigenvalue weighted by Crippen LogP contribution is -2.48. The number of rotatable bonds is 5. The Morgan fingerprint density at radius 3 is 2.50 bits per heavy atom. The van der Waals surface area contributed by atoms with Gasteiger partial charge in [0, 0.05) is 12.5 Å². The summed E-state index contributed by atoms with van der Waals surface area (Å²) in [7, 11) is -3.19. The Kier molecular flexibility index (Phi) is 5.29. The van der Waals surface area contributed by atoms with E-state index >= 15 is 0 Å². The number of H-pyrrole nitrogens is 1. The summed E-state index contributed by atoms with van der Waals surface area (Å²) in [5, 5.41) is 3.02. The van der Waals surface area contributed by atoms with Crippen LogP contribution in [0.3, 0.4) is 0 Å². The summed E-state index contributed by atoms with van der Waals surface area (Å²) < 4.78 is 24.4. The van der Waals surface area contributed by atoms with Gasteiger partial charge in [0.15, 0.2) is 9.84 Å². The Hall–Kier alpha value is -3.20. The highest BCUT2D eigenvalue weighted by molar-refractivity contribution is 7.91. The minimum absolute atomic E-state index is 0.0117. The SMILES string of the molecule is O=C(N[C@H]1CCS(=O)(=O)C1)[C@H](Cc1ccccc1)n1c(=O)[nH]c2ccccc2c1=O. The lowest BCUT2D eigenvalue weighted by Gasteiger charge is -2.21. The molecule has 3 aromatic rings. The number of para-hydroxylation sites is 1. The summed E-state index contributed by atoms with van der Waals surface area (Å²) in [5.41, 5.74) is -0.0843. The third-order valence-corrected chi connectivity index (χ3v) is 7.07. The maximum atomic E-state index is 13.1. The Bertz CT molecular complexity index is 1310. The highest BCUT2D eigenvalue weighted by Crippen LogP contribution is 2.16. The molecule has 1 saturated heterocycles. The zero-order chi connectivity index (χ0) is 21.3. The molecule has 2 atom stereocenters. The van der Waals surface area contributed by atoms with Crippen LogP contribution < -0.4 is 16.6 Å². The second-order valence-corrected chi connectivity index (χ2v) is 9.69. The molecule has 0 spiro atoms. The number of hydrogen-bond donors (Lipinski definition) is 2. The van der Waals surface area contributed by atoms with Crippen LogP contribution >= 0.6 is 0 Å². The Morgan fingerprint density at radius 1 is 1.10 bits per heavy atom. The predicted octanol–water partition coefficient (Wildman–Crippen LogP) is 0.777. The summed E-state index contributed by atoms with van der Waals surface area (Å²) in [6.07, 6.45) is 0.433. The molecule has 0 unspecified atom stereocenters. The van der Waals surface area contributed by atoms with Crippen molar-refractivity contribution in [2.75, 3.05) is 11.5 Å². The topological polar surface area (TPSA) is 118 Å². The monoisotopic (exact) mass is 427 g/mol. The van der Waals surface area contributed by atoms with Crippen molar-refractivity contribution in [2.24, 2.45) is 0 Å². The van der Waals surface area contributed by atoms with E-state index in [4.69, 9.17) is 0 Å². The third kappa shape index (κ3) is 4.06. The number of sulfone groups is 1. The Morgan fingerprint density at radius 2 is 1.80 bits per heavy atom. The van der Waals surface area contributed by atoms with E-state index in [0.717, 1.165) is 10.1 Å². The van der Waals surface area contributed by atoms with Crippen molar-refractivity contribution in [1.29, 1.82) is 0 Å². The van der Waals surface area contributed by atoms with Crippen LogP contribution in [-0.4, -0.2) is 41.4 Å². The summed E-state index contributed by atoms with van der Waals surface area (Å²) >= 11 is 0. The van der Waals surface area contributed by atoms with E-state index in [-0.39, 0.29) is 17.9 Å². The molecule has 0 aliphatic carbocycles. The number of carbonyl (C=O) groups is 1. The van der Waals surface area contributed by atoms with E-state index in [9.17, 15) is 22.8 Å². The first-order valence-corrected chi connectivity index (χ1v) is 11.4. The van der Waals surface area contributed by atoms with Gasteiger partial charge in [0.1, 0.15) is 6.04 Å². The van der Waals surface area contributed by atoms with Gasteiger partial charge in [0.2, 0.25) is 5.91 Å². The van der Waals surface area contributed by atoms with Crippen LogP contribution in [0.5, 0.6) is 0 Å². The molecule has 4 rings (SSSR count). The van der Waals surface area contributed by atoms with Gasteiger partial charge in [0.05, 0.1) is 22.4 Å². The van der Waals surface area contributed by atoms with Gasteiger partial charge >= 0.3 is 5.69 Å². The lowest BCUT2D eigenvalue weighted by atomic mass is 10.0. The van der Waals surface area contributed by atoms with Gasteiger partial charge in [-0.05, 0) is 24.1 Å². The molecule has 156 valence electrons. The fraction of sp³-hybridized carbons (Fsp3) is 0.286. The summed E-state index contributed by atoms with van der Waals surface area (Å²) in [6.45, 7) is 0. The Balaban J connectivity index is 1.76. The standard InChI is InChI=1S/C21H21N3O5S/c25-19(22-15-10-11-30(28,29)13-15)18(12-14-6-2-1-3-7-14)24-20(26)16-8-4-5-9-17(16)23-21(24)27/h1-9,15,18H,10-13H2,(H,22,25)(H,23,27)/t15-,18-/m0/s1. The minimum atomic E-state index is -3.19. The maximum absolute atomic E-state index is 13.1. The molecule has 0 bridgehead atoms. The van der Waals surface area contributed by atoms with Crippen LogP contribution in [0.1, 0.15) is 18.0 Å². The maximum Gasteiger partial charge on any atom is 0.329 e. The van der Waals surface area contributed by atoms with Crippen molar-refractivity contribution in [3.8, 4) is 0 Å². The molecular weight excluding hydrogens is 406 g/mol. The van der Waals surface area contributed by atoms with Gasteiger partial charge in [-0.2, -0.15) is 0 Å². The molecule has 2 aromatic carbocycles. The number of hydrogen-bond acceptors (Lipinski definition) is 5. The number of amides is 1. The molecule has 1 fully saturated rings. The molecule has 0 saturated carbocycles. The quantitative estimate of drug-likeness (QED) is 0.624. The molecule has 1 amide bonds. The molecule has 9 heteroatoms. The van der Waals surface area contributed by atoms with Gasteiger partial charge in [-0.1, -0.05) is 42.5 Å². The van der Waals surface area contributed by atoms with Crippen molar-refractivity contribution < 1.29 is 13.2 Å². The van der Waals surface area contributed by atoms with Crippen LogP contribution in [0.2, 0.25) is 0 Å². The van der Waals surface area contributed by atoms with E-state index < -0.39 is 39.1 Å². The van der Waals surface area contributed by atoms with Crippen molar-refractivity contribution in [2.45, 2.75) is 24.9 Å². The molecule has 2 heterocycles. The highest BCUT2D eigenvalue weighted by Gasteiger charge is 2.32. The van der Waals surface area contributed by atoms with E-state index in [1.54, 1.807) is 48.5 Å². The first-order valence-electron chi connectivity index (χ1n) is 9.62. The van der Waals surface area contributed by atoms with Crippen molar-refractivity contribution >= 4 is 26.6 Å². The first kappa shape index (κ1) is 20.1.